The van der Waals surface area contributed by atoms with Crippen LogP contribution in [0, 0.1) is 5.92 Å². The summed E-state index contributed by atoms with van der Waals surface area (Å²) in [5, 5.41) is 1.05. The molecule has 1 unspecified atom stereocenters. The Balaban J connectivity index is 1.04. The largest absolute Gasteiger partial charge is 0.377 e. The van der Waals surface area contributed by atoms with Crippen LogP contribution >= 0.6 is 11.3 Å². The number of hydrogen-bond acceptors (Lipinski definition) is 5. The number of likely N-dealkylation sites (tertiary alicyclic amines) is 1. The van der Waals surface area contributed by atoms with Crippen LogP contribution in [-0.2, 0) is 27.3 Å². The maximum atomic E-state index is 12.9. The number of carbonyl (C=O) groups excluding carboxylic acids is 1. The highest BCUT2D eigenvalue weighted by Gasteiger charge is 2.40. The summed E-state index contributed by atoms with van der Waals surface area (Å²) in [6.07, 6.45) is 6.44. The van der Waals surface area contributed by atoms with Crippen LogP contribution in [-0.4, -0.2) is 47.7 Å². The summed E-state index contributed by atoms with van der Waals surface area (Å²) >= 11 is 1.70. The van der Waals surface area contributed by atoms with E-state index in [1.165, 1.54) is 10.3 Å². The summed E-state index contributed by atoms with van der Waals surface area (Å²) in [6.45, 7) is 3.91. The van der Waals surface area contributed by atoms with Crippen molar-refractivity contribution in [2.75, 3.05) is 26.3 Å². The van der Waals surface area contributed by atoms with Gasteiger partial charge in [0.05, 0.1) is 27.4 Å². The Labute approximate surface area is 206 Å². The van der Waals surface area contributed by atoms with E-state index >= 15 is 0 Å². The smallest absolute Gasteiger partial charge is 0.222 e. The number of para-hydroxylation sites is 1. The molecule has 1 atom stereocenters. The van der Waals surface area contributed by atoms with E-state index in [0.717, 1.165) is 75.4 Å². The average Bonchev–Trinajstić information content (AvgIpc) is 3.30. The third-order valence-electron chi connectivity index (χ3n) is 7.30. The summed E-state index contributed by atoms with van der Waals surface area (Å²) < 4.78 is 13.4. The van der Waals surface area contributed by atoms with Crippen molar-refractivity contribution in [1.29, 1.82) is 0 Å². The lowest BCUT2D eigenvalue weighted by Crippen LogP contribution is -2.50. The van der Waals surface area contributed by atoms with Gasteiger partial charge >= 0.3 is 0 Å². The number of fused-ring (bicyclic) bond motifs is 1. The number of thiazole rings is 1. The molecule has 2 saturated heterocycles. The van der Waals surface area contributed by atoms with Gasteiger partial charge in [-0.3, -0.25) is 4.79 Å². The fourth-order valence-corrected chi connectivity index (χ4v) is 6.27. The number of aromatic nitrogens is 1. The van der Waals surface area contributed by atoms with Crippen LogP contribution in [0.2, 0.25) is 0 Å². The Morgan fingerprint density at radius 1 is 1.12 bits per heavy atom. The average molecular weight is 479 g/mol. The van der Waals surface area contributed by atoms with Crippen molar-refractivity contribution in [2.45, 2.75) is 57.2 Å². The topological polar surface area (TPSA) is 51.7 Å². The number of hydrogen-bond donors (Lipinski definition) is 0. The fourth-order valence-electron chi connectivity index (χ4n) is 5.30. The van der Waals surface area contributed by atoms with Gasteiger partial charge in [-0.25, -0.2) is 4.98 Å². The van der Waals surface area contributed by atoms with Gasteiger partial charge in [-0.2, -0.15) is 0 Å². The second-order valence-electron chi connectivity index (χ2n) is 9.67. The second kappa shape index (κ2) is 11.0. The Bertz CT molecular complexity index is 1040. The van der Waals surface area contributed by atoms with E-state index in [1.807, 2.05) is 29.2 Å². The highest BCUT2D eigenvalue weighted by Crippen LogP contribution is 2.39. The monoisotopic (exact) mass is 478 g/mol. The van der Waals surface area contributed by atoms with Gasteiger partial charge in [0.25, 0.3) is 0 Å². The van der Waals surface area contributed by atoms with Gasteiger partial charge in [0.1, 0.15) is 0 Å². The van der Waals surface area contributed by atoms with Gasteiger partial charge in [0.15, 0.2) is 0 Å². The van der Waals surface area contributed by atoms with Crippen molar-refractivity contribution in [3.8, 4) is 0 Å². The summed E-state index contributed by atoms with van der Waals surface area (Å²) in [5.74, 6) is 0.890. The Hall–Kier alpha value is -2.28. The Morgan fingerprint density at radius 2 is 1.91 bits per heavy atom. The number of carbonyl (C=O) groups is 1. The number of rotatable bonds is 8. The third-order valence-corrected chi connectivity index (χ3v) is 8.39. The van der Waals surface area contributed by atoms with Gasteiger partial charge in [-0.05, 0) is 55.7 Å². The molecule has 1 aromatic heterocycles. The summed E-state index contributed by atoms with van der Waals surface area (Å²) in [7, 11) is 0. The van der Waals surface area contributed by atoms with E-state index in [2.05, 4.69) is 35.3 Å². The highest BCUT2D eigenvalue weighted by atomic mass is 32.1. The zero-order valence-electron chi connectivity index (χ0n) is 19.8. The first kappa shape index (κ1) is 23.5. The second-order valence-corrected chi connectivity index (χ2v) is 10.8. The number of piperidine rings is 1. The Morgan fingerprint density at radius 3 is 2.74 bits per heavy atom. The summed E-state index contributed by atoms with van der Waals surface area (Å²) in [4.78, 5) is 19.6. The number of ether oxygens (including phenoxy) is 2. The predicted molar refractivity (Wildman–Crippen MR) is 136 cm³/mol. The molecule has 6 heteroatoms. The van der Waals surface area contributed by atoms with Gasteiger partial charge in [0.2, 0.25) is 5.91 Å². The SMILES string of the molecule is O=C(CCc1nc2ccccc2s1)N1CCC2(CC1)CC(CCOCc1ccccc1)CCO2. The van der Waals surface area contributed by atoms with Crippen molar-refractivity contribution < 1.29 is 14.3 Å². The molecule has 3 aromatic rings. The number of nitrogens with zero attached hydrogens (tertiary/aromatic N) is 2. The van der Waals surface area contributed by atoms with Crippen LogP contribution in [0.15, 0.2) is 54.6 Å². The molecule has 34 heavy (non-hydrogen) atoms. The lowest BCUT2D eigenvalue weighted by molar-refractivity contribution is -0.148. The molecule has 0 aliphatic carbocycles. The minimum absolute atomic E-state index is 0.0494. The van der Waals surface area contributed by atoms with E-state index in [-0.39, 0.29) is 11.5 Å². The van der Waals surface area contributed by atoms with Gasteiger partial charge in [0, 0.05) is 39.1 Å². The molecule has 1 amide bonds. The molecule has 5 rings (SSSR count). The van der Waals surface area contributed by atoms with Crippen molar-refractivity contribution in [1.82, 2.24) is 9.88 Å². The fraction of sp³-hybridized carbons (Fsp3) is 0.500. The molecule has 5 nitrogen and oxygen atoms in total. The number of aryl methyl sites for hydroxylation is 1. The molecule has 2 fully saturated rings. The highest BCUT2D eigenvalue weighted by molar-refractivity contribution is 7.18. The van der Waals surface area contributed by atoms with Crippen molar-refractivity contribution >= 4 is 27.5 Å². The van der Waals surface area contributed by atoms with Gasteiger partial charge < -0.3 is 14.4 Å². The van der Waals surface area contributed by atoms with Crippen LogP contribution in [0.3, 0.4) is 0 Å². The zero-order valence-corrected chi connectivity index (χ0v) is 20.6. The summed E-state index contributed by atoms with van der Waals surface area (Å²) in [5.41, 5.74) is 2.21. The van der Waals surface area contributed by atoms with E-state index in [0.29, 0.717) is 18.9 Å². The van der Waals surface area contributed by atoms with E-state index in [4.69, 9.17) is 9.47 Å². The molecule has 0 bridgehead atoms. The van der Waals surface area contributed by atoms with Crippen molar-refractivity contribution in [3.05, 3.63) is 65.2 Å². The van der Waals surface area contributed by atoms with Crippen LogP contribution in [0.4, 0.5) is 0 Å². The molecule has 0 radical (unpaired) electrons. The molecule has 2 aromatic carbocycles. The first-order valence-electron chi connectivity index (χ1n) is 12.6. The lowest BCUT2D eigenvalue weighted by Gasteiger charge is -2.46. The molecule has 0 saturated carbocycles. The number of benzene rings is 2. The molecule has 2 aliphatic heterocycles. The van der Waals surface area contributed by atoms with Gasteiger partial charge in [-0.15, -0.1) is 11.3 Å². The van der Waals surface area contributed by atoms with Crippen LogP contribution < -0.4 is 0 Å². The Kier molecular flexibility index (Phi) is 7.57. The molecule has 180 valence electrons. The first-order valence-corrected chi connectivity index (χ1v) is 13.4. The van der Waals surface area contributed by atoms with Crippen LogP contribution in [0.5, 0.6) is 0 Å². The summed E-state index contributed by atoms with van der Waals surface area (Å²) in [6, 6.07) is 18.5. The van der Waals surface area contributed by atoms with Crippen LogP contribution in [0.1, 0.15) is 49.1 Å². The maximum Gasteiger partial charge on any atom is 0.222 e. The van der Waals surface area contributed by atoms with E-state index in [1.54, 1.807) is 11.3 Å². The zero-order chi connectivity index (χ0) is 23.2. The van der Waals surface area contributed by atoms with Crippen LogP contribution in [0.25, 0.3) is 10.2 Å². The maximum absolute atomic E-state index is 12.9. The van der Waals surface area contributed by atoms with E-state index < -0.39 is 0 Å². The molecule has 1 spiro atoms. The normalized spacial score (nSPS) is 20.1. The quantitative estimate of drug-likeness (QED) is 0.394. The van der Waals surface area contributed by atoms with Gasteiger partial charge in [-0.1, -0.05) is 42.5 Å². The first-order chi connectivity index (χ1) is 16.7. The molecular formula is C28H34N2O3S. The minimum Gasteiger partial charge on any atom is -0.377 e. The number of amides is 1. The van der Waals surface area contributed by atoms with Crippen molar-refractivity contribution in [3.63, 3.8) is 0 Å². The predicted octanol–water partition coefficient (Wildman–Crippen LogP) is 5.62. The van der Waals surface area contributed by atoms with E-state index in [9.17, 15) is 4.79 Å². The molecule has 0 N–H and O–H groups in total. The standard InChI is InChI=1S/C28H34N2O3S/c31-27(11-10-26-29-24-8-4-5-9-25(24)34-26)30-16-14-28(15-17-30)20-22(13-19-33-28)12-18-32-21-23-6-2-1-3-7-23/h1-9,22H,10-21H2. The molecular weight excluding hydrogens is 444 g/mol. The third kappa shape index (κ3) is 5.85. The minimum atomic E-state index is -0.0494. The van der Waals surface area contributed by atoms with Crippen molar-refractivity contribution in [2.24, 2.45) is 5.92 Å². The molecule has 3 heterocycles. The lowest BCUT2D eigenvalue weighted by atomic mass is 9.78. The molecule has 2 aliphatic rings.